The van der Waals surface area contributed by atoms with Crippen molar-refractivity contribution in [1.29, 1.82) is 0 Å². The van der Waals surface area contributed by atoms with E-state index in [1.165, 1.54) is 37.6 Å². The second-order valence-electron chi connectivity index (χ2n) is 7.88. The summed E-state index contributed by atoms with van der Waals surface area (Å²) in [6, 6.07) is 5.42. The van der Waals surface area contributed by atoms with Crippen LogP contribution in [-0.2, 0) is 19.6 Å². The predicted molar refractivity (Wildman–Crippen MR) is 111 cm³/mol. The molecule has 162 valence electrons. The highest BCUT2D eigenvalue weighted by Crippen LogP contribution is 2.24. The number of carbonyl (C=O) groups excluding carboxylic acids is 2. The van der Waals surface area contributed by atoms with Crippen molar-refractivity contribution in [1.82, 2.24) is 10.0 Å². The number of carbonyl (C=O) groups is 2. The maximum Gasteiger partial charge on any atom is 0.338 e. The highest BCUT2D eigenvalue weighted by molar-refractivity contribution is 7.89. The van der Waals surface area contributed by atoms with Crippen molar-refractivity contribution in [3.63, 3.8) is 0 Å². The summed E-state index contributed by atoms with van der Waals surface area (Å²) in [6.45, 7) is 7.32. The van der Waals surface area contributed by atoms with Crippen molar-refractivity contribution >= 4 is 21.9 Å². The normalized spacial score (nSPS) is 21.8. The maximum absolute atomic E-state index is 12.4. The Morgan fingerprint density at radius 1 is 1.14 bits per heavy atom. The van der Waals surface area contributed by atoms with Gasteiger partial charge >= 0.3 is 5.97 Å². The molecule has 0 aromatic heterocycles. The first-order chi connectivity index (χ1) is 13.6. The zero-order chi connectivity index (χ0) is 21.6. The minimum Gasteiger partial charge on any atom is -0.449 e. The minimum absolute atomic E-state index is 0.0754. The van der Waals surface area contributed by atoms with Crippen LogP contribution in [0.5, 0.6) is 0 Å². The third-order valence-corrected chi connectivity index (χ3v) is 7.07. The molecular formula is C21H32N2O5S. The Morgan fingerprint density at radius 2 is 1.76 bits per heavy atom. The average molecular weight is 425 g/mol. The van der Waals surface area contributed by atoms with Gasteiger partial charge in [0.15, 0.2) is 6.10 Å². The zero-order valence-electron chi connectivity index (χ0n) is 17.6. The van der Waals surface area contributed by atoms with Gasteiger partial charge in [0, 0.05) is 12.1 Å². The van der Waals surface area contributed by atoms with Crippen molar-refractivity contribution in [2.24, 2.45) is 5.92 Å². The van der Waals surface area contributed by atoms with E-state index in [1.807, 2.05) is 6.92 Å². The van der Waals surface area contributed by atoms with Gasteiger partial charge in [0.05, 0.1) is 10.5 Å². The molecule has 1 aromatic rings. The van der Waals surface area contributed by atoms with Gasteiger partial charge in [-0.2, -0.15) is 0 Å². The molecule has 1 amide bonds. The standard InChI is InChI=1S/C21H32N2O5S/c1-5-15(3)23-29(26,27)18-12-10-17(11-13-18)21(25)28-16(4)20(24)22-19-9-7-6-8-14(19)2/h10-16,19,23H,5-9H2,1-4H3,(H,22,24)/t14-,15-,16-,19+/m0/s1. The largest absolute Gasteiger partial charge is 0.449 e. The molecule has 7 nitrogen and oxygen atoms in total. The zero-order valence-corrected chi connectivity index (χ0v) is 18.4. The molecule has 0 radical (unpaired) electrons. The number of hydrogen-bond acceptors (Lipinski definition) is 5. The van der Waals surface area contributed by atoms with Gasteiger partial charge in [0.25, 0.3) is 5.91 Å². The van der Waals surface area contributed by atoms with Gasteiger partial charge in [0.1, 0.15) is 0 Å². The van der Waals surface area contributed by atoms with E-state index in [0.717, 1.165) is 19.3 Å². The molecule has 8 heteroatoms. The van der Waals surface area contributed by atoms with Crippen LogP contribution in [0.2, 0.25) is 0 Å². The SMILES string of the molecule is CC[C@H](C)NS(=O)(=O)c1ccc(C(=O)O[C@@H](C)C(=O)N[C@@H]2CCCC[C@@H]2C)cc1. The Morgan fingerprint density at radius 3 is 2.34 bits per heavy atom. The van der Waals surface area contributed by atoms with Crippen molar-refractivity contribution in [2.45, 2.75) is 82.9 Å². The topological polar surface area (TPSA) is 102 Å². The molecule has 1 aromatic carbocycles. The van der Waals surface area contributed by atoms with Crippen molar-refractivity contribution in [2.75, 3.05) is 0 Å². The molecule has 0 saturated heterocycles. The van der Waals surface area contributed by atoms with Crippen LogP contribution in [-0.4, -0.2) is 38.5 Å². The van der Waals surface area contributed by atoms with E-state index in [2.05, 4.69) is 17.0 Å². The molecule has 0 unspecified atom stereocenters. The van der Waals surface area contributed by atoms with Crippen LogP contribution >= 0.6 is 0 Å². The molecule has 4 atom stereocenters. The molecule has 1 aliphatic rings. The summed E-state index contributed by atoms with van der Waals surface area (Å²) in [6.07, 6.45) is 4.03. The number of hydrogen-bond donors (Lipinski definition) is 2. The summed E-state index contributed by atoms with van der Waals surface area (Å²) in [5.74, 6) is -0.564. The van der Waals surface area contributed by atoms with Crippen LogP contribution in [0.3, 0.4) is 0 Å². The highest BCUT2D eigenvalue weighted by Gasteiger charge is 2.26. The van der Waals surface area contributed by atoms with Gasteiger partial charge in [-0.05, 0) is 63.3 Å². The third-order valence-electron chi connectivity index (χ3n) is 5.46. The van der Waals surface area contributed by atoms with Crippen molar-refractivity contribution in [3.8, 4) is 0 Å². The van der Waals surface area contributed by atoms with E-state index in [-0.39, 0.29) is 28.4 Å². The molecule has 1 saturated carbocycles. The van der Waals surface area contributed by atoms with E-state index < -0.39 is 22.1 Å². The fourth-order valence-corrected chi connectivity index (χ4v) is 4.63. The number of amides is 1. The lowest BCUT2D eigenvalue weighted by Gasteiger charge is -2.30. The molecule has 29 heavy (non-hydrogen) atoms. The van der Waals surface area contributed by atoms with E-state index in [4.69, 9.17) is 4.74 Å². The van der Waals surface area contributed by atoms with E-state index in [0.29, 0.717) is 12.3 Å². The summed E-state index contributed by atoms with van der Waals surface area (Å²) in [7, 11) is -3.64. The lowest BCUT2D eigenvalue weighted by Crippen LogP contribution is -2.45. The maximum atomic E-state index is 12.4. The minimum atomic E-state index is -3.64. The Kier molecular flexibility index (Phi) is 8.22. The lowest BCUT2D eigenvalue weighted by atomic mass is 9.86. The number of nitrogens with one attached hydrogen (secondary N) is 2. The summed E-state index contributed by atoms with van der Waals surface area (Å²) in [5, 5.41) is 2.97. The lowest BCUT2D eigenvalue weighted by molar-refractivity contribution is -0.130. The molecule has 1 aliphatic carbocycles. The van der Waals surface area contributed by atoms with Crippen LogP contribution < -0.4 is 10.0 Å². The predicted octanol–water partition coefficient (Wildman–Crippen LogP) is 3.00. The molecule has 0 heterocycles. The molecular weight excluding hydrogens is 392 g/mol. The molecule has 2 rings (SSSR count). The number of sulfonamides is 1. The Labute approximate surface area is 173 Å². The quantitative estimate of drug-likeness (QED) is 0.625. The average Bonchev–Trinajstić information content (AvgIpc) is 2.69. The van der Waals surface area contributed by atoms with Gasteiger partial charge in [-0.15, -0.1) is 0 Å². The van der Waals surface area contributed by atoms with Gasteiger partial charge < -0.3 is 10.1 Å². The third kappa shape index (κ3) is 6.54. The molecule has 0 bridgehead atoms. The second-order valence-corrected chi connectivity index (χ2v) is 9.59. The van der Waals surface area contributed by atoms with E-state index >= 15 is 0 Å². The summed E-state index contributed by atoms with van der Waals surface area (Å²) < 4.78 is 32.4. The number of ether oxygens (including phenoxy) is 1. The highest BCUT2D eigenvalue weighted by atomic mass is 32.2. The molecule has 0 spiro atoms. The van der Waals surface area contributed by atoms with Crippen LogP contribution in [0.1, 0.15) is 70.2 Å². The first-order valence-electron chi connectivity index (χ1n) is 10.3. The van der Waals surface area contributed by atoms with Crippen molar-refractivity contribution in [3.05, 3.63) is 29.8 Å². The van der Waals surface area contributed by atoms with Gasteiger partial charge in [0.2, 0.25) is 10.0 Å². The Bertz CT molecular complexity index is 807. The van der Waals surface area contributed by atoms with Crippen LogP contribution in [0.4, 0.5) is 0 Å². The Hall–Kier alpha value is -1.93. The van der Waals surface area contributed by atoms with Gasteiger partial charge in [-0.25, -0.2) is 17.9 Å². The van der Waals surface area contributed by atoms with Crippen LogP contribution in [0.25, 0.3) is 0 Å². The van der Waals surface area contributed by atoms with Crippen molar-refractivity contribution < 1.29 is 22.7 Å². The summed E-state index contributed by atoms with van der Waals surface area (Å²) >= 11 is 0. The monoisotopic (exact) mass is 424 g/mol. The fraction of sp³-hybridized carbons (Fsp3) is 0.619. The first kappa shape index (κ1) is 23.3. The Balaban J connectivity index is 1.95. The fourth-order valence-electron chi connectivity index (χ4n) is 3.30. The van der Waals surface area contributed by atoms with Crippen LogP contribution in [0.15, 0.2) is 29.2 Å². The van der Waals surface area contributed by atoms with E-state index in [9.17, 15) is 18.0 Å². The van der Waals surface area contributed by atoms with Gasteiger partial charge in [-0.3, -0.25) is 4.79 Å². The molecule has 1 fully saturated rings. The second kappa shape index (κ2) is 10.2. The van der Waals surface area contributed by atoms with E-state index in [1.54, 1.807) is 6.92 Å². The number of esters is 1. The number of benzene rings is 1. The first-order valence-corrected chi connectivity index (χ1v) is 11.8. The summed E-state index contributed by atoms with van der Waals surface area (Å²) in [4.78, 5) is 24.8. The smallest absolute Gasteiger partial charge is 0.338 e. The van der Waals surface area contributed by atoms with Gasteiger partial charge in [-0.1, -0.05) is 26.7 Å². The van der Waals surface area contributed by atoms with Crippen LogP contribution in [0, 0.1) is 5.92 Å². The summed E-state index contributed by atoms with van der Waals surface area (Å²) in [5.41, 5.74) is 0.193. The molecule has 2 N–H and O–H groups in total. The molecule has 0 aliphatic heterocycles. The number of rotatable bonds is 8.